The Morgan fingerprint density at radius 1 is 0.867 bits per heavy atom. The van der Waals surface area contributed by atoms with E-state index in [1.807, 2.05) is 0 Å². The van der Waals surface area contributed by atoms with Crippen molar-refractivity contribution in [3.05, 3.63) is 7.43 Å². The maximum Gasteiger partial charge on any atom is -0.0312 e. The summed E-state index contributed by atoms with van der Waals surface area (Å²) in [4.78, 5) is 0. The van der Waals surface area contributed by atoms with Crippen LogP contribution in [-0.2, 0) is 0 Å². The van der Waals surface area contributed by atoms with Gasteiger partial charge in [0.2, 0.25) is 0 Å². The first-order valence-electron chi connectivity index (χ1n) is 6.58. The van der Waals surface area contributed by atoms with Crippen LogP contribution < -0.4 is 0 Å². The van der Waals surface area contributed by atoms with E-state index in [2.05, 4.69) is 27.7 Å². The van der Waals surface area contributed by atoms with Crippen molar-refractivity contribution in [2.45, 2.75) is 66.2 Å². The smallest absolute Gasteiger partial charge is 0.0312 e. The Kier molecular flexibility index (Phi) is 7.30. The molecule has 3 radical (unpaired) electrons. The fraction of sp³-hybridized carbons (Fsp3) is 0.933. The summed E-state index contributed by atoms with van der Waals surface area (Å²) >= 11 is 0. The molecule has 1 fully saturated rings. The van der Waals surface area contributed by atoms with E-state index < -0.39 is 0 Å². The fourth-order valence-corrected chi connectivity index (χ4v) is 3.16. The minimum Gasteiger partial charge on any atom is -0.0628 e. The van der Waals surface area contributed by atoms with Gasteiger partial charge < -0.3 is 0 Å². The molecule has 1 aliphatic rings. The zero-order chi connectivity index (χ0) is 10.6. The highest BCUT2D eigenvalue weighted by Gasteiger charge is 2.22. The maximum absolute atomic E-state index is 2.37. The first-order valence-corrected chi connectivity index (χ1v) is 6.58. The van der Waals surface area contributed by atoms with Crippen molar-refractivity contribution in [1.82, 2.24) is 0 Å². The molecule has 2 unspecified atom stereocenters. The van der Waals surface area contributed by atoms with Gasteiger partial charge in [0.05, 0.1) is 0 Å². The lowest BCUT2D eigenvalue weighted by Crippen LogP contribution is -2.18. The molecule has 1 aliphatic carbocycles. The second kappa shape index (κ2) is 7.30. The van der Waals surface area contributed by atoms with Crippen LogP contribution in [-0.4, -0.2) is 0 Å². The molecule has 0 aromatic rings. The van der Waals surface area contributed by atoms with Gasteiger partial charge in [-0.2, -0.15) is 0 Å². The first-order chi connectivity index (χ1) is 6.58. The van der Waals surface area contributed by atoms with Crippen LogP contribution in [0.4, 0.5) is 0 Å². The molecular formula is C15H29. The van der Waals surface area contributed by atoms with Gasteiger partial charge in [-0.15, -0.1) is 0 Å². The number of hydrogen-bond donors (Lipinski definition) is 0. The van der Waals surface area contributed by atoms with Gasteiger partial charge in [0.25, 0.3) is 0 Å². The summed E-state index contributed by atoms with van der Waals surface area (Å²) < 4.78 is 0. The van der Waals surface area contributed by atoms with Crippen LogP contribution in [0.25, 0.3) is 0 Å². The summed E-state index contributed by atoms with van der Waals surface area (Å²) in [6, 6.07) is 0. The highest BCUT2D eigenvalue weighted by atomic mass is 14.3. The molecule has 0 aromatic heterocycles. The minimum absolute atomic E-state index is 0. The zero-order valence-electron chi connectivity index (χ0n) is 11.1. The Labute approximate surface area is 97.8 Å². The van der Waals surface area contributed by atoms with Crippen LogP contribution in [0, 0.1) is 31.1 Å². The summed E-state index contributed by atoms with van der Waals surface area (Å²) in [6.45, 7) is 9.47. The average Bonchev–Trinajstić information content (AvgIpc) is 2.01. The van der Waals surface area contributed by atoms with Crippen LogP contribution in [0.1, 0.15) is 66.2 Å². The van der Waals surface area contributed by atoms with E-state index in [0.29, 0.717) is 0 Å². The lowest BCUT2D eigenvalue weighted by atomic mass is 9.75. The molecular weight excluding hydrogens is 180 g/mol. The molecule has 0 heterocycles. The van der Waals surface area contributed by atoms with E-state index in [1.54, 1.807) is 0 Å². The highest BCUT2D eigenvalue weighted by Crippen LogP contribution is 2.35. The molecule has 0 bridgehead atoms. The molecule has 0 heteroatoms. The molecule has 1 rings (SSSR count). The summed E-state index contributed by atoms with van der Waals surface area (Å²) in [5.41, 5.74) is 0. The summed E-state index contributed by atoms with van der Waals surface area (Å²) in [6.07, 6.45) is 8.97. The van der Waals surface area contributed by atoms with Gasteiger partial charge in [-0.25, -0.2) is 0 Å². The average molecular weight is 209 g/mol. The second-order valence-corrected chi connectivity index (χ2v) is 6.16. The van der Waals surface area contributed by atoms with Crippen LogP contribution in [0.5, 0.6) is 0 Å². The normalized spacial score (nSPS) is 26.8. The van der Waals surface area contributed by atoms with E-state index in [-0.39, 0.29) is 7.43 Å². The van der Waals surface area contributed by atoms with Crippen molar-refractivity contribution < 1.29 is 0 Å². The van der Waals surface area contributed by atoms with Crippen LogP contribution in [0.3, 0.4) is 0 Å². The Morgan fingerprint density at radius 2 is 1.27 bits per heavy atom. The largest absolute Gasteiger partial charge is 0.0628 e. The van der Waals surface area contributed by atoms with Crippen molar-refractivity contribution >= 4 is 0 Å². The molecule has 0 spiro atoms. The van der Waals surface area contributed by atoms with Gasteiger partial charge >= 0.3 is 0 Å². The Hall–Kier alpha value is 0. The molecule has 0 amide bonds. The van der Waals surface area contributed by atoms with E-state index in [4.69, 9.17) is 0 Å². The highest BCUT2D eigenvalue weighted by molar-refractivity contribution is 4.74. The van der Waals surface area contributed by atoms with E-state index in [0.717, 1.165) is 23.7 Å². The predicted octanol–water partition coefficient (Wildman–Crippen LogP) is 5.09. The molecule has 0 nitrogen and oxygen atoms in total. The zero-order valence-corrected chi connectivity index (χ0v) is 11.1. The van der Waals surface area contributed by atoms with Crippen LogP contribution >= 0.6 is 0 Å². The fourth-order valence-electron chi connectivity index (χ4n) is 3.16. The van der Waals surface area contributed by atoms with Gasteiger partial charge in [0, 0.05) is 0 Å². The van der Waals surface area contributed by atoms with Crippen molar-refractivity contribution in [2.75, 3.05) is 0 Å². The molecule has 15 heavy (non-hydrogen) atoms. The topological polar surface area (TPSA) is 0 Å². The second-order valence-electron chi connectivity index (χ2n) is 6.16. The van der Waals surface area contributed by atoms with Gasteiger partial charge in [0.1, 0.15) is 0 Å². The Balaban J connectivity index is 0.00000196. The van der Waals surface area contributed by atoms with Gasteiger partial charge in [-0.1, -0.05) is 47.0 Å². The van der Waals surface area contributed by atoms with Gasteiger partial charge in [-0.05, 0) is 50.4 Å². The lowest BCUT2D eigenvalue weighted by Gasteiger charge is -2.31. The SMILES string of the molecule is CC(C)CC1CCCC(CC(C)C)C1.[CH]. The van der Waals surface area contributed by atoms with Crippen molar-refractivity contribution in [2.24, 2.45) is 23.7 Å². The van der Waals surface area contributed by atoms with Crippen molar-refractivity contribution in [1.29, 1.82) is 0 Å². The summed E-state index contributed by atoms with van der Waals surface area (Å²) in [7, 11) is 0. The van der Waals surface area contributed by atoms with Crippen LogP contribution in [0.15, 0.2) is 0 Å². The third kappa shape index (κ3) is 6.22. The molecule has 1 saturated carbocycles. The first kappa shape index (κ1) is 15.0. The monoisotopic (exact) mass is 209 g/mol. The molecule has 0 saturated heterocycles. The summed E-state index contributed by atoms with van der Waals surface area (Å²) in [5.74, 6) is 3.90. The lowest BCUT2D eigenvalue weighted by molar-refractivity contribution is 0.212. The molecule has 89 valence electrons. The molecule has 0 N–H and O–H groups in total. The molecule has 2 atom stereocenters. The Morgan fingerprint density at radius 3 is 1.60 bits per heavy atom. The third-order valence-electron chi connectivity index (χ3n) is 3.50. The third-order valence-corrected chi connectivity index (χ3v) is 3.50. The van der Waals surface area contributed by atoms with E-state index >= 15 is 0 Å². The quantitative estimate of drug-likeness (QED) is 0.605. The van der Waals surface area contributed by atoms with Crippen LogP contribution in [0.2, 0.25) is 0 Å². The van der Waals surface area contributed by atoms with Gasteiger partial charge in [-0.3, -0.25) is 0 Å². The number of rotatable bonds is 4. The maximum atomic E-state index is 2.37. The number of hydrogen-bond acceptors (Lipinski definition) is 0. The van der Waals surface area contributed by atoms with Gasteiger partial charge in [0.15, 0.2) is 0 Å². The Bertz CT molecular complexity index is 130. The molecule has 0 aromatic carbocycles. The van der Waals surface area contributed by atoms with Crippen molar-refractivity contribution in [3.63, 3.8) is 0 Å². The summed E-state index contributed by atoms with van der Waals surface area (Å²) in [5, 5.41) is 0. The standard InChI is InChI=1S/C14H28.CH/c1-11(2)8-13-6-5-7-14(10-13)9-12(3)4;/h11-14H,5-10H2,1-4H3;1H. The van der Waals surface area contributed by atoms with E-state index in [1.165, 1.54) is 38.5 Å². The van der Waals surface area contributed by atoms with Crippen molar-refractivity contribution in [3.8, 4) is 0 Å². The molecule has 0 aliphatic heterocycles. The van der Waals surface area contributed by atoms with E-state index in [9.17, 15) is 0 Å². The predicted molar refractivity (Wildman–Crippen MR) is 68.7 cm³/mol. The minimum atomic E-state index is 0.